The van der Waals surface area contributed by atoms with Crippen molar-refractivity contribution in [1.29, 1.82) is 0 Å². The fourth-order valence-electron chi connectivity index (χ4n) is 3.91. The predicted octanol–water partition coefficient (Wildman–Crippen LogP) is 7.09. The van der Waals surface area contributed by atoms with E-state index in [9.17, 15) is 0 Å². The van der Waals surface area contributed by atoms with Gasteiger partial charge in [-0.25, -0.2) is 0 Å². The Kier molecular flexibility index (Phi) is 6.78. The van der Waals surface area contributed by atoms with Crippen molar-refractivity contribution < 1.29 is 20.8 Å². The van der Waals surface area contributed by atoms with E-state index in [0.717, 1.165) is 19.3 Å². The van der Waals surface area contributed by atoms with Gasteiger partial charge >= 0.3 is 37.9 Å². The Morgan fingerprint density at radius 3 is 2.48 bits per heavy atom. The zero-order valence-corrected chi connectivity index (χ0v) is 18.6. The molecule has 0 heterocycles. The van der Waals surface area contributed by atoms with Crippen LogP contribution in [0.2, 0.25) is 0 Å². The fourth-order valence-corrected chi connectivity index (χ4v) is 3.91. The molecule has 4 rings (SSSR count). The molecule has 0 saturated heterocycles. The molecule has 0 aliphatic heterocycles. The first-order valence-electron chi connectivity index (χ1n) is 8.66. The maximum absolute atomic E-state index is 4.93. The quantitative estimate of drug-likeness (QED) is 0.401. The normalized spacial score (nSPS) is 15.4. The molecule has 0 spiro atoms. The summed E-state index contributed by atoms with van der Waals surface area (Å²) < 4.78 is 0. The van der Waals surface area contributed by atoms with Crippen LogP contribution in [0.1, 0.15) is 37.0 Å². The number of halogens is 2. The SMILES string of the molecule is CC1=CCC(C(C)Cc2cccc3c2Cc2ccccc2-3)=C1.[Cl][Zr][Cl]. The van der Waals surface area contributed by atoms with E-state index >= 15 is 0 Å². The molecule has 0 N–H and O–H groups in total. The molecule has 2 aromatic carbocycles. The zero-order chi connectivity index (χ0) is 17.8. The molecule has 0 radical (unpaired) electrons. The van der Waals surface area contributed by atoms with Gasteiger partial charge in [0.05, 0.1) is 0 Å². The third-order valence-electron chi connectivity index (χ3n) is 5.18. The average Bonchev–Trinajstić information content (AvgIpc) is 3.20. The van der Waals surface area contributed by atoms with E-state index in [4.69, 9.17) is 17.0 Å². The van der Waals surface area contributed by atoms with E-state index < -0.39 is 20.8 Å². The summed E-state index contributed by atoms with van der Waals surface area (Å²) in [6.45, 7) is 4.58. The van der Waals surface area contributed by atoms with Gasteiger partial charge in [0.25, 0.3) is 0 Å². The van der Waals surface area contributed by atoms with Crippen LogP contribution in [0.4, 0.5) is 0 Å². The van der Waals surface area contributed by atoms with Crippen molar-refractivity contribution in [2.45, 2.75) is 33.1 Å². The van der Waals surface area contributed by atoms with Gasteiger partial charge in [-0.05, 0) is 59.9 Å². The van der Waals surface area contributed by atoms with Gasteiger partial charge in [-0.15, -0.1) is 0 Å². The van der Waals surface area contributed by atoms with Crippen LogP contribution in [0.25, 0.3) is 11.1 Å². The van der Waals surface area contributed by atoms with E-state index in [0.29, 0.717) is 5.92 Å². The molecular weight excluding hydrogens is 426 g/mol. The Morgan fingerprint density at radius 1 is 1.04 bits per heavy atom. The van der Waals surface area contributed by atoms with E-state index in [2.05, 4.69) is 68.5 Å². The molecule has 2 aliphatic carbocycles. The van der Waals surface area contributed by atoms with Crippen molar-refractivity contribution in [3.05, 3.63) is 82.5 Å². The molecule has 0 saturated carbocycles. The van der Waals surface area contributed by atoms with Crippen LogP contribution in [0, 0.1) is 5.92 Å². The second-order valence-electron chi connectivity index (χ2n) is 6.83. The first-order chi connectivity index (χ1) is 12.1. The summed E-state index contributed by atoms with van der Waals surface area (Å²) in [4.78, 5) is 0. The Hall–Kier alpha value is -0.617. The Balaban J connectivity index is 0.000000569. The molecular formula is C22H22Cl2Zr. The summed E-state index contributed by atoms with van der Waals surface area (Å²) in [6.07, 6.45) is 8.12. The molecule has 2 aromatic rings. The molecule has 2 aliphatic rings. The monoisotopic (exact) mass is 446 g/mol. The fraction of sp³-hybridized carbons (Fsp3) is 0.273. The molecule has 0 fully saturated rings. The molecule has 1 unspecified atom stereocenters. The molecule has 128 valence electrons. The number of fused-ring (bicyclic) bond motifs is 3. The molecule has 0 aromatic heterocycles. The summed E-state index contributed by atoms with van der Waals surface area (Å²) >= 11 is -0.826. The standard InChI is InChI=1S/C22H22.2ClH.Zr/c1-15-10-11-17(12-15)16(2)13-18-7-5-9-21-20-8-4-3-6-19(20)14-22(18)21;;;/h3-10,12,16H,11,13-14H2,1-2H3;2*1H;/q;;;+2/p-2. The van der Waals surface area contributed by atoms with Crippen molar-refractivity contribution in [3.8, 4) is 11.1 Å². The zero-order valence-electron chi connectivity index (χ0n) is 14.7. The molecule has 0 bridgehead atoms. The number of rotatable bonds is 3. The Bertz CT molecular complexity index is 821. The van der Waals surface area contributed by atoms with Crippen LogP contribution in [0.3, 0.4) is 0 Å². The van der Waals surface area contributed by atoms with Crippen LogP contribution < -0.4 is 0 Å². The molecule has 1 atom stereocenters. The number of hydrogen-bond acceptors (Lipinski definition) is 0. The topological polar surface area (TPSA) is 0 Å². The third kappa shape index (κ3) is 4.38. The van der Waals surface area contributed by atoms with Gasteiger partial charge in [-0.2, -0.15) is 0 Å². The molecule has 0 amide bonds. The Labute approximate surface area is 169 Å². The van der Waals surface area contributed by atoms with Gasteiger partial charge in [0.2, 0.25) is 0 Å². The van der Waals surface area contributed by atoms with Gasteiger partial charge in [0.15, 0.2) is 0 Å². The van der Waals surface area contributed by atoms with Crippen LogP contribution in [-0.2, 0) is 33.7 Å². The van der Waals surface area contributed by atoms with Gasteiger partial charge in [-0.3, -0.25) is 0 Å². The van der Waals surface area contributed by atoms with Gasteiger partial charge in [-0.1, -0.05) is 72.7 Å². The van der Waals surface area contributed by atoms with E-state index in [-0.39, 0.29) is 0 Å². The minimum absolute atomic E-state index is 0.629. The summed E-state index contributed by atoms with van der Waals surface area (Å²) in [5.74, 6) is 0.629. The van der Waals surface area contributed by atoms with Crippen molar-refractivity contribution in [1.82, 2.24) is 0 Å². The third-order valence-corrected chi connectivity index (χ3v) is 5.18. The minimum atomic E-state index is -0.826. The van der Waals surface area contributed by atoms with Crippen LogP contribution in [0.5, 0.6) is 0 Å². The summed E-state index contributed by atoms with van der Waals surface area (Å²) in [6, 6.07) is 15.7. The second kappa shape index (κ2) is 8.85. The average molecular weight is 449 g/mol. The molecule has 25 heavy (non-hydrogen) atoms. The van der Waals surface area contributed by atoms with E-state index in [1.807, 2.05) is 0 Å². The number of hydrogen-bond donors (Lipinski definition) is 0. The Morgan fingerprint density at radius 2 is 1.76 bits per heavy atom. The first-order valence-corrected chi connectivity index (χ1v) is 15.0. The van der Waals surface area contributed by atoms with Crippen molar-refractivity contribution >= 4 is 17.0 Å². The van der Waals surface area contributed by atoms with Crippen molar-refractivity contribution in [2.24, 2.45) is 5.92 Å². The second-order valence-corrected chi connectivity index (χ2v) is 10.6. The molecule has 0 nitrogen and oxygen atoms in total. The number of allylic oxidation sites excluding steroid dienone is 4. The van der Waals surface area contributed by atoms with Crippen LogP contribution >= 0.6 is 17.0 Å². The number of benzene rings is 2. The van der Waals surface area contributed by atoms with Gasteiger partial charge in [0.1, 0.15) is 0 Å². The van der Waals surface area contributed by atoms with Gasteiger partial charge in [0, 0.05) is 0 Å². The summed E-state index contributed by atoms with van der Waals surface area (Å²) in [5.41, 5.74) is 10.5. The molecule has 3 heteroatoms. The maximum atomic E-state index is 4.93. The first kappa shape index (κ1) is 19.2. The van der Waals surface area contributed by atoms with Crippen molar-refractivity contribution in [2.75, 3.05) is 0 Å². The van der Waals surface area contributed by atoms with Crippen LogP contribution in [0.15, 0.2) is 65.8 Å². The van der Waals surface area contributed by atoms with Crippen LogP contribution in [-0.4, -0.2) is 0 Å². The summed E-state index contributed by atoms with van der Waals surface area (Å²) in [5, 5.41) is 0. The predicted molar refractivity (Wildman–Crippen MR) is 106 cm³/mol. The van der Waals surface area contributed by atoms with Gasteiger partial charge < -0.3 is 0 Å². The van der Waals surface area contributed by atoms with E-state index in [1.165, 1.54) is 27.8 Å². The summed E-state index contributed by atoms with van der Waals surface area (Å²) in [7, 11) is 9.87. The van der Waals surface area contributed by atoms with Crippen molar-refractivity contribution in [3.63, 3.8) is 0 Å². The van der Waals surface area contributed by atoms with E-state index in [1.54, 1.807) is 11.1 Å².